The van der Waals surface area contributed by atoms with Crippen molar-refractivity contribution in [2.75, 3.05) is 26.2 Å². The zero-order valence-corrected chi connectivity index (χ0v) is 17.1. The number of amides is 1. The first-order valence-electron chi connectivity index (χ1n) is 9.82. The van der Waals surface area contributed by atoms with E-state index in [-0.39, 0.29) is 11.7 Å². The number of rotatable bonds is 4. The number of thiazole rings is 1. The standard InChI is InChI=1S/C22H20FN5OS/c23-16-5-7-17(8-6-16)28-15-24-13-19(28)22(29)27-11-9-26(10-12-27)14-21-25-18-3-1-2-4-20(18)30-21/h1-8,13,15H,9-12,14H2. The molecule has 2 aromatic carbocycles. The average Bonchev–Trinajstić information content (AvgIpc) is 3.41. The molecule has 6 nitrogen and oxygen atoms in total. The van der Waals surface area contributed by atoms with E-state index in [1.807, 2.05) is 23.1 Å². The summed E-state index contributed by atoms with van der Waals surface area (Å²) in [7, 11) is 0. The Bertz CT molecular complexity index is 1140. The zero-order chi connectivity index (χ0) is 20.5. The number of nitrogens with zero attached hydrogens (tertiary/aromatic N) is 5. The van der Waals surface area contributed by atoms with Crippen molar-refractivity contribution in [3.05, 3.63) is 77.6 Å². The van der Waals surface area contributed by atoms with E-state index in [1.165, 1.54) is 16.8 Å². The molecule has 1 aliphatic rings. The summed E-state index contributed by atoms with van der Waals surface area (Å²) in [6, 6.07) is 14.2. The van der Waals surface area contributed by atoms with Gasteiger partial charge in [-0.1, -0.05) is 12.1 Å². The Morgan fingerprint density at radius 2 is 1.80 bits per heavy atom. The molecule has 1 saturated heterocycles. The lowest BCUT2D eigenvalue weighted by Crippen LogP contribution is -2.48. The van der Waals surface area contributed by atoms with E-state index in [1.54, 1.807) is 40.6 Å². The summed E-state index contributed by atoms with van der Waals surface area (Å²) in [4.78, 5) is 26.1. The van der Waals surface area contributed by atoms with Crippen molar-refractivity contribution in [3.63, 3.8) is 0 Å². The highest BCUT2D eigenvalue weighted by Gasteiger charge is 2.25. The first kappa shape index (κ1) is 18.9. The molecule has 8 heteroatoms. The van der Waals surface area contributed by atoms with E-state index in [0.717, 1.165) is 30.2 Å². The molecule has 0 atom stereocenters. The van der Waals surface area contributed by atoms with Crippen molar-refractivity contribution in [2.24, 2.45) is 0 Å². The predicted octanol–water partition coefficient (Wildman–Crippen LogP) is 3.58. The summed E-state index contributed by atoms with van der Waals surface area (Å²) < 4.78 is 16.1. The van der Waals surface area contributed by atoms with Crippen LogP contribution in [0.4, 0.5) is 4.39 Å². The molecule has 1 amide bonds. The normalized spacial score (nSPS) is 15.0. The van der Waals surface area contributed by atoms with E-state index in [0.29, 0.717) is 24.5 Å². The van der Waals surface area contributed by atoms with Crippen molar-refractivity contribution < 1.29 is 9.18 Å². The number of halogens is 1. The second kappa shape index (κ2) is 7.97. The van der Waals surface area contributed by atoms with Gasteiger partial charge in [-0.25, -0.2) is 14.4 Å². The summed E-state index contributed by atoms with van der Waals surface area (Å²) in [6.45, 7) is 3.70. The van der Waals surface area contributed by atoms with Gasteiger partial charge in [-0.2, -0.15) is 0 Å². The second-order valence-electron chi connectivity index (χ2n) is 7.27. The predicted molar refractivity (Wildman–Crippen MR) is 114 cm³/mol. The third-order valence-corrected chi connectivity index (χ3v) is 6.34. The number of imidazole rings is 1. The highest BCUT2D eigenvalue weighted by atomic mass is 32.1. The maximum atomic E-state index is 13.2. The van der Waals surface area contributed by atoms with Gasteiger partial charge in [0.15, 0.2) is 0 Å². The highest BCUT2D eigenvalue weighted by molar-refractivity contribution is 7.18. The van der Waals surface area contributed by atoms with Crippen molar-refractivity contribution in [2.45, 2.75) is 6.54 Å². The van der Waals surface area contributed by atoms with Crippen LogP contribution in [0.25, 0.3) is 15.9 Å². The minimum Gasteiger partial charge on any atom is -0.335 e. The summed E-state index contributed by atoms with van der Waals surface area (Å²) in [5.41, 5.74) is 2.24. The first-order chi connectivity index (χ1) is 14.7. The monoisotopic (exact) mass is 421 g/mol. The van der Waals surface area contributed by atoms with Crippen LogP contribution in [0.15, 0.2) is 61.1 Å². The number of benzene rings is 2. The third kappa shape index (κ3) is 3.71. The Kier molecular flexibility index (Phi) is 5.02. The van der Waals surface area contributed by atoms with Crippen LogP contribution in [0.3, 0.4) is 0 Å². The molecule has 3 heterocycles. The Labute approximate surface area is 177 Å². The van der Waals surface area contributed by atoms with Crippen LogP contribution in [0.1, 0.15) is 15.5 Å². The van der Waals surface area contributed by atoms with Crippen LogP contribution in [0.2, 0.25) is 0 Å². The van der Waals surface area contributed by atoms with Gasteiger partial charge in [0.1, 0.15) is 16.5 Å². The number of carbonyl (C=O) groups excluding carboxylic acids is 1. The Morgan fingerprint density at radius 1 is 1.03 bits per heavy atom. The summed E-state index contributed by atoms with van der Waals surface area (Å²) in [5, 5.41) is 1.10. The van der Waals surface area contributed by atoms with Crippen LogP contribution in [-0.2, 0) is 6.54 Å². The van der Waals surface area contributed by atoms with Gasteiger partial charge >= 0.3 is 0 Å². The lowest BCUT2D eigenvalue weighted by atomic mass is 10.2. The maximum Gasteiger partial charge on any atom is 0.272 e. The van der Waals surface area contributed by atoms with Crippen LogP contribution in [0, 0.1) is 5.82 Å². The summed E-state index contributed by atoms with van der Waals surface area (Å²) >= 11 is 1.72. The minimum absolute atomic E-state index is 0.0588. The fourth-order valence-electron chi connectivity index (χ4n) is 3.71. The van der Waals surface area contributed by atoms with E-state index in [4.69, 9.17) is 4.98 Å². The Balaban J connectivity index is 1.24. The maximum absolute atomic E-state index is 13.2. The van der Waals surface area contributed by atoms with Crippen LogP contribution in [-0.4, -0.2) is 56.4 Å². The second-order valence-corrected chi connectivity index (χ2v) is 8.38. The van der Waals surface area contributed by atoms with E-state index in [2.05, 4.69) is 16.0 Å². The SMILES string of the molecule is O=C(c1cncn1-c1ccc(F)cc1)N1CCN(Cc2nc3ccccc3s2)CC1. The third-order valence-electron chi connectivity index (χ3n) is 5.32. The highest BCUT2D eigenvalue weighted by Crippen LogP contribution is 2.23. The van der Waals surface area contributed by atoms with Crippen LogP contribution < -0.4 is 0 Å². The molecule has 2 aromatic heterocycles. The first-order valence-corrected chi connectivity index (χ1v) is 10.6. The molecule has 0 unspecified atom stereocenters. The molecule has 5 rings (SSSR count). The molecule has 0 spiro atoms. The molecule has 1 aliphatic heterocycles. The minimum atomic E-state index is -0.309. The molecule has 152 valence electrons. The van der Waals surface area contributed by atoms with Gasteiger partial charge in [0.05, 0.1) is 29.3 Å². The molecule has 4 aromatic rings. The molecular formula is C22H20FN5OS. The van der Waals surface area contributed by atoms with Crippen LogP contribution in [0.5, 0.6) is 0 Å². The van der Waals surface area contributed by atoms with Gasteiger partial charge in [0, 0.05) is 31.9 Å². The fraction of sp³-hybridized carbons (Fsp3) is 0.227. The number of hydrogen-bond acceptors (Lipinski definition) is 5. The average molecular weight is 422 g/mol. The number of para-hydroxylation sites is 1. The number of fused-ring (bicyclic) bond motifs is 1. The topological polar surface area (TPSA) is 54.3 Å². The van der Waals surface area contributed by atoms with Gasteiger partial charge in [-0.05, 0) is 36.4 Å². The van der Waals surface area contributed by atoms with E-state index < -0.39 is 0 Å². The van der Waals surface area contributed by atoms with Gasteiger partial charge < -0.3 is 4.90 Å². The van der Waals surface area contributed by atoms with Crippen LogP contribution >= 0.6 is 11.3 Å². The van der Waals surface area contributed by atoms with Gasteiger partial charge in [-0.3, -0.25) is 14.3 Å². The van der Waals surface area contributed by atoms with Gasteiger partial charge in [-0.15, -0.1) is 11.3 Å². The van der Waals surface area contributed by atoms with Crippen molar-refractivity contribution in [1.82, 2.24) is 24.3 Å². The van der Waals surface area contributed by atoms with Gasteiger partial charge in [0.25, 0.3) is 5.91 Å². The number of hydrogen-bond donors (Lipinski definition) is 0. The van der Waals surface area contributed by atoms with Gasteiger partial charge in [0.2, 0.25) is 0 Å². The lowest BCUT2D eigenvalue weighted by molar-refractivity contribution is 0.0620. The van der Waals surface area contributed by atoms with Crippen molar-refractivity contribution >= 4 is 27.5 Å². The summed E-state index contributed by atoms with van der Waals surface area (Å²) in [5.74, 6) is -0.368. The molecule has 0 saturated carbocycles. The molecule has 1 fully saturated rings. The van der Waals surface area contributed by atoms with E-state index >= 15 is 0 Å². The molecular weight excluding hydrogens is 401 g/mol. The zero-order valence-electron chi connectivity index (χ0n) is 16.2. The Hall–Kier alpha value is -3.10. The molecule has 0 bridgehead atoms. The largest absolute Gasteiger partial charge is 0.335 e. The van der Waals surface area contributed by atoms with Crippen molar-refractivity contribution in [1.29, 1.82) is 0 Å². The van der Waals surface area contributed by atoms with E-state index in [9.17, 15) is 9.18 Å². The molecule has 0 N–H and O–H groups in total. The number of carbonyl (C=O) groups is 1. The molecule has 0 aliphatic carbocycles. The quantitative estimate of drug-likeness (QED) is 0.506. The lowest BCUT2D eigenvalue weighted by Gasteiger charge is -2.34. The number of piperazine rings is 1. The smallest absolute Gasteiger partial charge is 0.272 e. The number of aromatic nitrogens is 3. The van der Waals surface area contributed by atoms with Crippen molar-refractivity contribution in [3.8, 4) is 5.69 Å². The Morgan fingerprint density at radius 3 is 2.57 bits per heavy atom. The molecule has 0 radical (unpaired) electrons. The fourth-order valence-corrected chi connectivity index (χ4v) is 4.72. The summed E-state index contributed by atoms with van der Waals surface area (Å²) in [6.07, 6.45) is 3.16. The molecule has 30 heavy (non-hydrogen) atoms.